The second-order valence-electron chi connectivity index (χ2n) is 5.02. The van der Waals surface area contributed by atoms with Crippen LogP contribution in [0.3, 0.4) is 0 Å². The molecular formula is C16H24N2O4. The summed E-state index contributed by atoms with van der Waals surface area (Å²) in [5.74, 6) is 0.387. The van der Waals surface area contributed by atoms with Gasteiger partial charge in [0.15, 0.2) is 12.4 Å². The molecule has 0 aromatic heterocycles. The van der Waals surface area contributed by atoms with Gasteiger partial charge in [-0.15, -0.1) is 0 Å². The van der Waals surface area contributed by atoms with Gasteiger partial charge < -0.3 is 14.8 Å². The molecule has 1 N–H and O–H groups in total. The van der Waals surface area contributed by atoms with Crippen LogP contribution in [0.4, 0.5) is 5.69 Å². The zero-order valence-corrected chi connectivity index (χ0v) is 13.6. The van der Waals surface area contributed by atoms with Crippen molar-refractivity contribution in [2.75, 3.05) is 32.6 Å². The van der Waals surface area contributed by atoms with Crippen LogP contribution in [0.1, 0.15) is 19.4 Å². The van der Waals surface area contributed by atoms with E-state index in [1.165, 1.54) is 0 Å². The average Bonchev–Trinajstić information content (AvgIpc) is 2.48. The Hall–Kier alpha value is -2.08. The Morgan fingerprint density at radius 1 is 1.45 bits per heavy atom. The number of carbonyl (C=O) groups is 2. The van der Waals surface area contributed by atoms with Gasteiger partial charge in [0.1, 0.15) is 5.75 Å². The summed E-state index contributed by atoms with van der Waals surface area (Å²) in [5, 5.41) is 3.05. The van der Waals surface area contributed by atoms with Crippen LogP contribution in [0, 0.1) is 0 Å². The number of esters is 1. The third-order valence-electron chi connectivity index (χ3n) is 2.97. The molecule has 122 valence electrons. The van der Waals surface area contributed by atoms with E-state index in [1.54, 1.807) is 20.9 Å². The molecule has 22 heavy (non-hydrogen) atoms. The number of benzene rings is 1. The van der Waals surface area contributed by atoms with Crippen molar-refractivity contribution in [2.45, 2.75) is 26.5 Å². The molecule has 0 saturated carbocycles. The molecule has 6 nitrogen and oxygen atoms in total. The minimum Gasteiger partial charge on any atom is -0.481 e. The summed E-state index contributed by atoms with van der Waals surface area (Å²) in [6.07, 6.45) is 0.255. The van der Waals surface area contributed by atoms with E-state index in [-0.39, 0.29) is 12.5 Å². The van der Waals surface area contributed by atoms with Crippen LogP contribution in [0.5, 0.6) is 5.75 Å². The maximum atomic E-state index is 11.4. The molecule has 0 aliphatic carbocycles. The highest BCUT2D eigenvalue weighted by atomic mass is 16.5. The highest BCUT2D eigenvalue weighted by Gasteiger charge is 2.11. The third-order valence-corrected chi connectivity index (χ3v) is 2.97. The first-order valence-electron chi connectivity index (χ1n) is 7.27. The predicted octanol–water partition coefficient (Wildman–Crippen LogP) is 1.69. The van der Waals surface area contributed by atoms with E-state index in [0.717, 1.165) is 17.5 Å². The highest BCUT2D eigenvalue weighted by Crippen LogP contribution is 2.26. The molecule has 0 saturated heterocycles. The van der Waals surface area contributed by atoms with Crippen LogP contribution in [-0.4, -0.2) is 50.5 Å². The van der Waals surface area contributed by atoms with E-state index >= 15 is 0 Å². The average molecular weight is 308 g/mol. The van der Waals surface area contributed by atoms with E-state index in [1.807, 2.05) is 30.1 Å². The molecule has 6 heteroatoms. The number of hydrogen-bond donors (Lipinski definition) is 1. The van der Waals surface area contributed by atoms with Gasteiger partial charge >= 0.3 is 5.97 Å². The summed E-state index contributed by atoms with van der Waals surface area (Å²) < 4.78 is 10.4. The number of anilines is 1. The van der Waals surface area contributed by atoms with E-state index in [0.29, 0.717) is 18.9 Å². The second kappa shape index (κ2) is 9.04. The standard InChI is InChI=1S/C16H24N2O4/c1-5-21-16(20)10-18(4)9-13-6-7-15(14(8-13)17-3)22-12(2)11-19/h6-8,11-12,17H,5,9-10H2,1-4H3. The summed E-state index contributed by atoms with van der Waals surface area (Å²) in [7, 11) is 3.65. The number of aldehydes is 1. The van der Waals surface area contributed by atoms with Gasteiger partial charge in [-0.05, 0) is 38.6 Å². The summed E-state index contributed by atoms with van der Waals surface area (Å²) in [6.45, 7) is 4.71. The van der Waals surface area contributed by atoms with Crippen molar-refractivity contribution < 1.29 is 19.1 Å². The lowest BCUT2D eigenvalue weighted by Crippen LogP contribution is -2.27. The summed E-state index contributed by atoms with van der Waals surface area (Å²) in [4.78, 5) is 24.0. The Bertz CT molecular complexity index is 505. The maximum absolute atomic E-state index is 11.4. The number of likely N-dealkylation sites (N-methyl/N-ethyl adjacent to an activating group) is 1. The normalized spacial score (nSPS) is 11.9. The number of nitrogens with zero attached hydrogens (tertiary/aromatic N) is 1. The van der Waals surface area contributed by atoms with Gasteiger partial charge in [-0.1, -0.05) is 6.07 Å². The van der Waals surface area contributed by atoms with Crippen LogP contribution in [0.25, 0.3) is 0 Å². The highest BCUT2D eigenvalue weighted by molar-refractivity contribution is 5.71. The first-order chi connectivity index (χ1) is 10.5. The van der Waals surface area contributed by atoms with E-state index in [4.69, 9.17) is 9.47 Å². The van der Waals surface area contributed by atoms with Gasteiger partial charge in [-0.25, -0.2) is 0 Å². The predicted molar refractivity (Wildman–Crippen MR) is 85.1 cm³/mol. The van der Waals surface area contributed by atoms with Crippen LogP contribution in [0.15, 0.2) is 18.2 Å². The van der Waals surface area contributed by atoms with E-state index < -0.39 is 6.10 Å². The van der Waals surface area contributed by atoms with Crippen molar-refractivity contribution in [3.8, 4) is 5.75 Å². The number of hydrogen-bond acceptors (Lipinski definition) is 6. The first-order valence-corrected chi connectivity index (χ1v) is 7.27. The first kappa shape index (κ1) is 18.0. The van der Waals surface area contributed by atoms with Crippen LogP contribution >= 0.6 is 0 Å². The molecule has 0 bridgehead atoms. The largest absolute Gasteiger partial charge is 0.481 e. The van der Waals surface area contributed by atoms with Crippen molar-refractivity contribution in [3.05, 3.63) is 23.8 Å². The Labute approximate surface area is 131 Å². The van der Waals surface area contributed by atoms with Gasteiger partial charge in [0.2, 0.25) is 0 Å². The Morgan fingerprint density at radius 2 is 2.18 bits per heavy atom. The number of nitrogens with one attached hydrogen (secondary N) is 1. The molecule has 1 aromatic rings. The molecule has 0 amide bonds. The van der Waals surface area contributed by atoms with Gasteiger partial charge in [0, 0.05) is 13.6 Å². The fraction of sp³-hybridized carbons (Fsp3) is 0.500. The summed E-state index contributed by atoms with van der Waals surface area (Å²) >= 11 is 0. The van der Waals surface area contributed by atoms with Crippen LogP contribution in [-0.2, 0) is 20.9 Å². The number of rotatable bonds is 9. The Balaban J connectivity index is 2.72. The van der Waals surface area contributed by atoms with Gasteiger partial charge in [-0.3, -0.25) is 14.5 Å². The van der Waals surface area contributed by atoms with Crippen molar-refractivity contribution in [1.29, 1.82) is 0 Å². The lowest BCUT2D eigenvalue weighted by atomic mass is 10.1. The smallest absolute Gasteiger partial charge is 0.320 e. The van der Waals surface area contributed by atoms with Crippen LogP contribution < -0.4 is 10.1 Å². The maximum Gasteiger partial charge on any atom is 0.320 e. The molecule has 1 atom stereocenters. The topological polar surface area (TPSA) is 67.9 Å². The zero-order valence-electron chi connectivity index (χ0n) is 13.6. The Kier molecular flexibility index (Phi) is 7.39. The van der Waals surface area contributed by atoms with Gasteiger partial charge in [0.25, 0.3) is 0 Å². The fourth-order valence-electron chi connectivity index (χ4n) is 2.00. The molecule has 0 aliphatic rings. The van der Waals surface area contributed by atoms with Crippen molar-refractivity contribution in [3.63, 3.8) is 0 Å². The molecule has 1 aromatic carbocycles. The zero-order chi connectivity index (χ0) is 16.5. The lowest BCUT2D eigenvalue weighted by molar-refractivity contribution is -0.144. The number of carbonyl (C=O) groups excluding carboxylic acids is 2. The van der Waals surface area contributed by atoms with Crippen LogP contribution in [0.2, 0.25) is 0 Å². The molecule has 0 aliphatic heterocycles. The quantitative estimate of drug-likeness (QED) is 0.553. The third kappa shape index (κ3) is 5.73. The van der Waals surface area contributed by atoms with Gasteiger partial charge in [0.05, 0.1) is 18.8 Å². The van der Waals surface area contributed by atoms with E-state index in [2.05, 4.69) is 5.32 Å². The molecule has 0 fully saturated rings. The van der Waals surface area contributed by atoms with Crippen molar-refractivity contribution in [2.24, 2.45) is 0 Å². The summed E-state index contributed by atoms with van der Waals surface area (Å²) in [5.41, 5.74) is 1.83. The second-order valence-corrected chi connectivity index (χ2v) is 5.02. The lowest BCUT2D eigenvalue weighted by Gasteiger charge is -2.18. The molecule has 0 radical (unpaired) electrons. The van der Waals surface area contributed by atoms with Gasteiger partial charge in [-0.2, -0.15) is 0 Å². The minimum atomic E-state index is -0.496. The van der Waals surface area contributed by atoms with Crippen molar-refractivity contribution in [1.82, 2.24) is 4.90 Å². The molecular weight excluding hydrogens is 284 g/mol. The molecule has 1 rings (SSSR count). The monoisotopic (exact) mass is 308 g/mol. The van der Waals surface area contributed by atoms with Crippen molar-refractivity contribution >= 4 is 17.9 Å². The van der Waals surface area contributed by atoms with E-state index in [9.17, 15) is 9.59 Å². The Morgan fingerprint density at radius 3 is 2.77 bits per heavy atom. The molecule has 0 heterocycles. The SMILES string of the molecule is CCOC(=O)CN(C)Cc1ccc(OC(C)C=O)c(NC)c1. The molecule has 1 unspecified atom stereocenters. The summed E-state index contributed by atoms with van der Waals surface area (Å²) in [6, 6.07) is 5.67. The fourth-order valence-corrected chi connectivity index (χ4v) is 2.00. The number of ether oxygens (including phenoxy) is 2. The molecule has 0 spiro atoms. The minimum absolute atomic E-state index is 0.237.